The largest absolute Gasteiger partial charge is 0.329 e. The van der Waals surface area contributed by atoms with Crippen molar-refractivity contribution in [3.63, 3.8) is 0 Å². The Kier molecular flexibility index (Phi) is 4.50. The van der Waals surface area contributed by atoms with Gasteiger partial charge in [-0.3, -0.25) is 0 Å². The van der Waals surface area contributed by atoms with Gasteiger partial charge in [0.2, 0.25) is 11.3 Å². The Hall–Kier alpha value is -0.840. The van der Waals surface area contributed by atoms with Crippen molar-refractivity contribution in [3.8, 4) is 0 Å². The van der Waals surface area contributed by atoms with E-state index in [4.69, 9.17) is 0 Å². The van der Waals surface area contributed by atoms with Crippen LogP contribution in [0.25, 0.3) is 0 Å². The highest BCUT2D eigenvalue weighted by molar-refractivity contribution is 5.25. The van der Waals surface area contributed by atoms with Crippen molar-refractivity contribution in [2.45, 2.75) is 60.7 Å². The smallest absolute Gasteiger partial charge is 0.247 e. The molecule has 0 N–H and O–H groups in total. The fraction of sp³-hybridized carbons (Fsp3) is 1.00. The lowest BCUT2D eigenvalue weighted by Gasteiger charge is -2.53. The van der Waals surface area contributed by atoms with Gasteiger partial charge in [-0.2, -0.15) is 26.3 Å². The lowest BCUT2D eigenvalue weighted by atomic mass is 9.65. The average Bonchev–Trinajstić information content (AvgIpc) is 2.43. The fourth-order valence-corrected chi connectivity index (χ4v) is 2.66. The molecule has 0 amide bonds. The van der Waals surface area contributed by atoms with Crippen LogP contribution in [-0.2, 0) is 0 Å². The normalized spacial score (nSPS) is 47.8. The first-order chi connectivity index (χ1) is 10.3. The summed E-state index contributed by atoms with van der Waals surface area (Å²) in [5.74, 6) is -19.0. The summed E-state index contributed by atoms with van der Waals surface area (Å²) in [5.41, 5.74) is -21.9. The van der Waals surface area contributed by atoms with Crippen LogP contribution in [0.3, 0.4) is 0 Å². The topological polar surface area (TPSA) is 0 Å². The van der Waals surface area contributed by atoms with Crippen molar-refractivity contribution in [2.75, 3.05) is 13.3 Å². The van der Waals surface area contributed by atoms with Crippen molar-refractivity contribution < 1.29 is 52.7 Å². The number of alkyl halides is 12. The van der Waals surface area contributed by atoms with Crippen LogP contribution in [0.2, 0.25) is 0 Å². The summed E-state index contributed by atoms with van der Waals surface area (Å²) in [7, 11) is 0. The summed E-state index contributed by atoms with van der Waals surface area (Å²) in [4.78, 5) is 0. The minimum absolute atomic E-state index is 0.415. The summed E-state index contributed by atoms with van der Waals surface area (Å²) in [6.07, 6.45) is -2.89. The van der Waals surface area contributed by atoms with E-state index < -0.39 is 74.1 Å². The first kappa shape index (κ1) is 21.2. The molecule has 24 heavy (non-hydrogen) atoms. The molecule has 0 bridgehead atoms. The number of halogens is 12. The van der Waals surface area contributed by atoms with Crippen LogP contribution in [0.1, 0.15) is 20.3 Å². The van der Waals surface area contributed by atoms with Crippen molar-refractivity contribution in [3.05, 3.63) is 0 Å². The molecule has 0 saturated heterocycles. The van der Waals surface area contributed by atoms with Gasteiger partial charge in [0, 0.05) is 6.42 Å². The lowest BCUT2D eigenvalue weighted by Crippen LogP contribution is -2.80. The molecule has 0 aromatic rings. The van der Waals surface area contributed by atoms with Gasteiger partial charge in [0.05, 0.1) is 0 Å². The van der Waals surface area contributed by atoms with E-state index >= 15 is 0 Å². The quantitative estimate of drug-likeness (QED) is 0.581. The Morgan fingerprint density at radius 3 is 1.38 bits per heavy atom. The van der Waals surface area contributed by atoms with Crippen LogP contribution in [0.5, 0.6) is 0 Å². The van der Waals surface area contributed by atoms with Gasteiger partial charge in [0.25, 0.3) is 5.67 Å². The Morgan fingerprint density at radius 2 is 1.04 bits per heavy atom. The third kappa shape index (κ3) is 2.03. The fourth-order valence-electron chi connectivity index (χ4n) is 2.66. The highest BCUT2D eigenvalue weighted by atomic mass is 19.3. The van der Waals surface area contributed by atoms with Gasteiger partial charge >= 0.3 is 17.8 Å². The number of hydrogen-bond donors (Lipinski definition) is 0. The molecule has 144 valence electrons. The molecular weight excluding hydrogens is 372 g/mol. The zero-order chi connectivity index (χ0) is 19.6. The second-order valence-corrected chi connectivity index (χ2v) is 6.13. The molecule has 0 aliphatic heterocycles. The molecule has 1 saturated carbocycles. The molecule has 1 aliphatic carbocycles. The summed E-state index contributed by atoms with van der Waals surface area (Å²) in [5, 5.41) is 0. The minimum Gasteiger partial charge on any atom is -0.247 e. The van der Waals surface area contributed by atoms with Gasteiger partial charge in [-0.25, -0.2) is 26.3 Å². The molecule has 1 aliphatic rings. The van der Waals surface area contributed by atoms with E-state index in [0.717, 1.165) is 0 Å². The van der Waals surface area contributed by atoms with Gasteiger partial charge in [-0.05, 0) is 13.8 Å². The van der Waals surface area contributed by atoms with Crippen LogP contribution < -0.4 is 0 Å². The highest BCUT2D eigenvalue weighted by Gasteiger charge is 2.90. The van der Waals surface area contributed by atoms with E-state index in [1.165, 1.54) is 0 Å². The summed E-state index contributed by atoms with van der Waals surface area (Å²) in [6.45, 7) is -7.86. The van der Waals surface area contributed by atoms with Crippen molar-refractivity contribution in [2.24, 2.45) is 0 Å². The molecule has 4 atom stereocenters. The number of rotatable bonds is 2. The molecule has 12 heteroatoms. The standard InChI is InChI=1S/C12H12F12/c1-6(15)3-8(17,4-13)12(23,24)9(18,5-14)11(21,22)7(2,16)10(6,19)20/h3-5H2,1-2H3. The van der Waals surface area contributed by atoms with Gasteiger partial charge in [0.1, 0.15) is 13.3 Å². The molecule has 0 nitrogen and oxygen atoms in total. The third-order valence-corrected chi connectivity index (χ3v) is 4.40. The maximum atomic E-state index is 14.1. The second kappa shape index (κ2) is 5.09. The zero-order valence-corrected chi connectivity index (χ0v) is 12.2. The first-order valence-electron chi connectivity index (χ1n) is 6.34. The number of hydrogen-bond acceptors (Lipinski definition) is 0. The lowest BCUT2D eigenvalue weighted by molar-refractivity contribution is -0.385. The summed E-state index contributed by atoms with van der Waals surface area (Å²) < 4.78 is 165. The third-order valence-electron chi connectivity index (χ3n) is 4.40. The van der Waals surface area contributed by atoms with Crippen molar-refractivity contribution >= 4 is 0 Å². The SMILES string of the molecule is CC1(F)CC(F)(CF)C(F)(F)C(F)(CF)C(F)(F)C(C)(F)C1(F)F. The van der Waals surface area contributed by atoms with Gasteiger partial charge in [0.15, 0.2) is 5.67 Å². The Morgan fingerprint density at radius 1 is 0.625 bits per heavy atom. The minimum atomic E-state index is -6.62. The maximum Gasteiger partial charge on any atom is 0.329 e. The van der Waals surface area contributed by atoms with E-state index in [-0.39, 0.29) is 0 Å². The Bertz CT molecular complexity index is 498. The Balaban J connectivity index is 3.94. The van der Waals surface area contributed by atoms with E-state index in [1.54, 1.807) is 0 Å². The molecule has 0 radical (unpaired) electrons. The van der Waals surface area contributed by atoms with E-state index in [1.807, 2.05) is 0 Å². The van der Waals surface area contributed by atoms with E-state index in [0.29, 0.717) is 0 Å². The molecule has 1 rings (SSSR count). The first-order valence-corrected chi connectivity index (χ1v) is 6.34. The molecule has 0 spiro atoms. The van der Waals surface area contributed by atoms with Crippen LogP contribution in [-0.4, -0.2) is 53.8 Å². The van der Waals surface area contributed by atoms with Crippen LogP contribution >= 0.6 is 0 Å². The molecule has 0 heterocycles. The van der Waals surface area contributed by atoms with E-state index in [2.05, 4.69) is 0 Å². The summed E-state index contributed by atoms with van der Waals surface area (Å²) in [6, 6.07) is 0. The van der Waals surface area contributed by atoms with Crippen LogP contribution in [0.4, 0.5) is 52.7 Å². The van der Waals surface area contributed by atoms with Crippen LogP contribution in [0.15, 0.2) is 0 Å². The highest BCUT2D eigenvalue weighted by Crippen LogP contribution is 2.65. The molecular formula is C12H12F12. The Labute approximate surface area is 128 Å². The average molecular weight is 384 g/mol. The van der Waals surface area contributed by atoms with Gasteiger partial charge < -0.3 is 0 Å². The van der Waals surface area contributed by atoms with Crippen molar-refractivity contribution in [1.29, 1.82) is 0 Å². The molecule has 0 aromatic heterocycles. The van der Waals surface area contributed by atoms with E-state index in [9.17, 15) is 52.7 Å². The molecule has 4 unspecified atom stereocenters. The second-order valence-electron chi connectivity index (χ2n) is 6.13. The van der Waals surface area contributed by atoms with Gasteiger partial charge in [-0.1, -0.05) is 0 Å². The molecule has 1 fully saturated rings. The van der Waals surface area contributed by atoms with Crippen LogP contribution in [0, 0.1) is 0 Å². The predicted octanol–water partition coefficient (Wildman–Crippen LogP) is 5.11. The zero-order valence-electron chi connectivity index (χ0n) is 12.2. The monoisotopic (exact) mass is 384 g/mol. The van der Waals surface area contributed by atoms with Gasteiger partial charge in [-0.15, -0.1) is 0 Å². The summed E-state index contributed by atoms with van der Waals surface area (Å²) >= 11 is 0. The molecule has 0 aromatic carbocycles. The maximum absolute atomic E-state index is 14.1. The van der Waals surface area contributed by atoms with Crippen molar-refractivity contribution in [1.82, 2.24) is 0 Å². The predicted molar refractivity (Wildman–Crippen MR) is 58.1 cm³/mol.